The van der Waals surface area contributed by atoms with E-state index in [1.807, 2.05) is 0 Å². The number of hydrogen-bond donors (Lipinski definition) is 8. The highest BCUT2D eigenvalue weighted by Crippen LogP contribution is 2.71. The number of phosphoric ester groups is 2. The topological polar surface area (TPSA) is 376 Å². The first-order valence-corrected chi connectivity index (χ1v) is 19.6. The Morgan fingerprint density at radius 3 is 1.37 bits per heavy atom. The predicted molar refractivity (Wildman–Crippen MR) is 160 cm³/mol. The number of aromatic amines is 2. The zero-order valence-electron chi connectivity index (χ0n) is 25.2. The minimum atomic E-state index is -6.10. The van der Waals surface area contributed by atoms with E-state index in [-0.39, 0.29) is 24.0 Å². The zero-order chi connectivity index (χ0) is 36.7. The van der Waals surface area contributed by atoms with E-state index in [4.69, 9.17) is 20.9 Å². The summed E-state index contributed by atoms with van der Waals surface area (Å²) in [4.78, 5) is 91.0. The van der Waals surface area contributed by atoms with Gasteiger partial charge in [-0.05, 0) is 13.8 Å². The number of ether oxygens (including phenoxy) is 2. The maximum absolute atomic E-state index is 12.3. The lowest BCUT2D eigenvalue weighted by molar-refractivity contribution is -0.0271. The highest BCUT2D eigenvalue weighted by atomic mass is 31.3. The van der Waals surface area contributed by atoms with Gasteiger partial charge in [-0.15, -0.1) is 0 Å². The van der Waals surface area contributed by atoms with Crippen LogP contribution in [0.5, 0.6) is 0 Å². The van der Waals surface area contributed by atoms with Crippen LogP contribution in [0.1, 0.15) is 36.4 Å². The molecule has 10 N–H and O–H groups in total. The van der Waals surface area contributed by atoms with Gasteiger partial charge in [0.05, 0.1) is 25.4 Å². The van der Waals surface area contributed by atoms with Gasteiger partial charge in [0.15, 0.2) is 0 Å². The van der Waals surface area contributed by atoms with Crippen molar-refractivity contribution in [3.05, 3.63) is 65.2 Å². The molecule has 25 nitrogen and oxygen atoms in total. The second-order valence-corrected chi connectivity index (χ2v) is 16.9. The quantitative estimate of drug-likeness (QED) is 0.100. The highest BCUT2D eigenvalue weighted by Gasteiger charge is 2.47. The van der Waals surface area contributed by atoms with Crippen LogP contribution in [0.4, 0.5) is 0 Å². The van der Waals surface area contributed by atoms with Gasteiger partial charge in [-0.1, -0.05) is 0 Å². The fourth-order valence-electron chi connectivity index (χ4n) is 4.57. The molecule has 2 saturated heterocycles. The molecule has 2 fully saturated rings. The molecule has 0 spiro atoms. The smallest absolute Gasteiger partial charge is 0.351 e. The Morgan fingerprint density at radius 1 is 0.694 bits per heavy atom. The van der Waals surface area contributed by atoms with Crippen LogP contribution < -0.4 is 34.0 Å². The number of rotatable bonds is 14. The van der Waals surface area contributed by atoms with Gasteiger partial charge in [0, 0.05) is 48.4 Å². The van der Waals surface area contributed by atoms with E-state index in [1.54, 1.807) is 0 Å². The van der Waals surface area contributed by atoms with Crippen molar-refractivity contribution in [2.75, 3.05) is 13.2 Å². The third-order valence-electron chi connectivity index (χ3n) is 6.90. The number of hydrogen-bond acceptors (Lipinski definition) is 17. The minimum Gasteiger partial charge on any atom is -0.351 e. The van der Waals surface area contributed by atoms with Gasteiger partial charge in [0.1, 0.15) is 12.5 Å². The zero-order valence-corrected chi connectivity index (χ0v) is 28.8. The molecule has 0 aromatic carbocycles. The molecular weight excluding hydrogens is 752 g/mol. The van der Waals surface area contributed by atoms with Crippen molar-refractivity contribution < 1.29 is 69.3 Å². The molecule has 2 aliphatic rings. The van der Waals surface area contributed by atoms with Gasteiger partial charge >= 0.3 is 42.7 Å². The van der Waals surface area contributed by atoms with Gasteiger partial charge in [0.2, 0.25) is 0 Å². The van der Waals surface area contributed by atoms with E-state index in [9.17, 15) is 57.0 Å². The molecule has 10 atom stereocenters. The summed E-state index contributed by atoms with van der Waals surface area (Å²) in [5.74, 6) is 0. The minimum absolute atomic E-state index is 0.0415. The van der Waals surface area contributed by atoms with Crippen LogP contribution in [-0.2, 0) is 49.7 Å². The van der Waals surface area contributed by atoms with Crippen molar-refractivity contribution in [1.29, 1.82) is 0 Å². The lowest BCUT2D eigenvalue weighted by Gasteiger charge is -2.22. The van der Waals surface area contributed by atoms with E-state index in [2.05, 4.69) is 31.9 Å². The molecule has 2 aromatic heterocycles. The van der Waals surface area contributed by atoms with Gasteiger partial charge in [-0.3, -0.25) is 37.7 Å². The second kappa shape index (κ2) is 14.8. The van der Waals surface area contributed by atoms with Crippen molar-refractivity contribution in [2.45, 2.75) is 63.4 Å². The Bertz CT molecular complexity index is 1860. The molecule has 49 heavy (non-hydrogen) atoms. The average molecular weight is 784 g/mol. The molecule has 29 heteroatoms. The molecule has 0 saturated carbocycles. The summed E-state index contributed by atoms with van der Waals surface area (Å²) in [6.45, 7) is 1.06. The third kappa shape index (κ3) is 10.4. The van der Waals surface area contributed by atoms with Crippen molar-refractivity contribution in [3.8, 4) is 0 Å². The highest BCUT2D eigenvalue weighted by molar-refractivity contribution is 7.69. The molecule has 0 amide bonds. The predicted octanol–water partition coefficient (Wildman–Crippen LogP) is -1.58. The summed E-state index contributed by atoms with van der Waals surface area (Å²) in [5, 5.41) is 0. The molecule has 4 heterocycles. The summed E-state index contributed by atoms with van der Waals surface area (Å²) in [6.07, 6.45) is -2.22. The Balaban J connectivity index is 1.29. The average Bonchev–Trinajstić information content (AvgIpc) is 3.50. The number of nitrogens with two attached hydrogens (primary N) is 2. The van der Waals surface area contributed by atoms with Crippen LogP contribution in [-0.4, -0.2) is 76.2 Å². The molecular formula is C20H32N6O19P4. The van der Waals surface area contributed by atoms with Crippen molar-refractivity contribution in [2.24, 2.45) is 11.5 Å². The molecule has 2 aliphatic heterocycles. The van der Waals surface area contributed by atoms with Crippen LogP contribution in [0.3, 0.4) is 0 Å². The second-order valence-electron chi connectivity index (χ2n) is 10.7. The molecule has 4 rings (SSSR count). The number of H-pyrrole nitrogens is 2. The van der Waals surface area contributed by atoms with Crippen LogP contribution in [0.25, 0.3) is 0 Å². The first-order chi connectivity index (χ1) is 22.5. The lowest BCUT2D eigenvalue weighted by atomic mass is 10.1. The number of aromatic nitrogens is 4. The van der Waals surface area contributed by atoms with Crippen LogP contribution in [0.15, 0.2) is 31.6 Å². The molecule has 4 unspecified atom stereocenters. The van der Waals surface area contributed by atoms with Gasteiger partial charge in [-0.2, -0.15) is 12.9 Å². The third-order valence-corrected chi connectivity index (χ3v) is 12.8. The molecule has 2 aromatic rings. The first-order valence-electron chi connectivity index (χ1n) is 13.7. The van der Waals surface area contributed by atoms with Crippen LogP contribution in [0.2, 0.25) is 0 Å². The molecule has 276 valence electrons. The van der Waals surface area contributed by atoms with E-state index in [1.165, 1.54) is 26.2 Å². The Labute approximate surface area is 273 Å². The Hall–Kier alpha value is -2.24. The maximum Gasteiger partial charge on any atom is 0.490 e. The van der Waals surface area contributed by atoms with Crippen molar-refractivity contribution in [1.82, 2.24) is 19.1 Å². The van der Waals surface area contributed by atoms with Gasteiger partial charge < -0.3 is 40.5 Å². The SMILES string of the molecule is Cc1cn([C@@H]2C[C@H](N)[C@@H](COP(=O)(O)OP(=O)(O)OP(=O)(O)OP(=O)(O)OC[C@H]3O[C@H](n4cc(C)c(=O)[nH]c4=O)C[C@@H]3N)O2)c(=O)[nH]c1=O. The lowest BCUT2D eigenvalue weighted by Crippen LogP contribution is -2.33. The summed E-state index contributed by atoms with van der Waals surface area (Å²) < 4.78 is 83.0. The van der Waals surface area contributed by atoms with Crippen molar-refractivity contribution in [3.63, 3.8) is 0 Å². The number of nitrogens with one attached hydrogen (secondary N) is 2. The first kappa shape index (κ1) is 39.5. The van der Waals surface area contributed by atoms with E-state index < -0.39 is 104 Å². The van der Waals surface area contributed by atoms with Gasteiger partial charge in [0.25, 0.3) is 11.1 Å². The fraction of sp³-hybridized carbons (Fsp3) is 0.600. The van der Waals surface area contributed by atoms with Crippen molar-refractivity contribution >= 4 is 31.3 Å². The summed E-state index contributed by atoms with van der Waals surface area (Å²) >= 11 is 0. The largest absolute Gasteiger partial charge is 0.490 e. The molecule has 0 radical (unpaired) electrons. The standard InChI is InChI=1S/C20H32N6O19P4/c1-9-5-25(19(29)23-17(9)27)15-3-11(21)13(41-15)7-39-46(31,32)43-48(35,36)45-49(37,38)44-47(33,34)40-8-14-12(22)4-16(42-14)26-6-10(2)18(28)24-20(26)30/h5-6,11-16H,3-4,7-8,21-22H2,1-2H3,(H,31,32)(H,33,34)(H,35,36)(H,37,38)(H,23,27,29)(H,24,28,30)/t11-,12-,13+,14+,15-,16-/m0/s1. The summed E-state index contributed by atoms with van der Waals surface area (Å²) in [6, 6.07) is -1.87. The summed E-state index contributed by atoms with van der Waals surface area (Å²) in [5.41, 5.74) is 9.23. The number of aryl methyl sites for hydroxylation is 2. The Morgan fingerprint density at radius 2 is 1.02 bits per heavy atom. The maximum atomic E-state index is 12.3. The monoisotopic (exact) mass is 784 g/mol. The summed E-state index contributed by atoms with van der Waals surface area (Å²) in [7, 11) is -23.5. The van der Waals surface area contributed by atoms with Crippen LogP contribution >= 0.6 is 31.3 Å². The number of phosphoric acid groups is 4. The fourth-order valence-corrected chi connectivity index (χ4v) is 9.53. The number of nitrogens with zero attached hydrogens (tertiary/aromatic N) is 2. The van der Waals surface area contributed by atoms with Gasteiger partial charge in [-0.25, -0.2) is 27.8 Å². The normalized spacial score (nSPS) is 29.1. The molecule has 0 aliphatic carbocycles. The van der Waals surface area contributed by atoms with Crippen LogP contribution in [0, 0.1) is 13.8 Å². The van der Waals surface area contributed by atoms with E-state index >= 15 is 0 Å². The van der Waals surface area contributed by atoms with E-state index in [0.29, 0.717) is 0 Å². The van der Waals surface area contributed by atoms with E-state index in [0.717, 1.165) is 9.13 Å². The Kier molecular flexibility index (Phi) is 11.9. The molecule has 0 bridgehead atoms.